The fraction of sp³-hybridized carbons (Fsp3) is 0.231. The van der Waals surface area contributed by atoms with Crippen molar-refractivity contribution < 1.29 is 4.74 Å². The largest absolute Gasteiger partial charge is 0.497 e. The number of aromatic amines is 1. The monoisotopic (exact) mass is 245 g/mol. The summed E-state index contributed by atoms with van der Waals surface area (Å²) in [5.41, 5.74) is 6.69. The highest BCUT2D eigenvalue weighted by atomic mass is 16.5. The minimum absolute atomic E-state index is 0.145. The molecule has 0 saturated carbocycles. The lowest BCUT2D eigenvalue weighted by atomic mass is 10.2. The predicted molar refractivity (Wildman–Crippen MR) is 69.6 cm³/mol. The van der Waals surface area contributed by atoms with Gasteiger partial charge in [-0.05, 0) is 25.1 Å². The van der Waals surface area contributed by atoms with Crippen molar-refractivity contribution in [2.75, 3.05) is 13.7 Å². The van der Waals surface area contributed by atoms with Crippen molar-refractivity contribution in [1.29, 1.82) is 0 Å². The minimum Gasteiger partial charge on any atom is -0.497 e. The zero-order valence-corrected chi connectivity index (χ0v) is 10.1. The van der Waals surface area contributed by atoms with Gasteiger partial charge in [-0.15, -0.1) is 0 Å². The summed E-state index contributed by atoms with van der Waals surface area (Å²) < 4.78 is 5.13. The first-order chi connectivity index (χ1) is 8.74. The Labute approximate surface area is 105 Å². The summed E-state index contributed by atoms with van der Waals surface area (Å²) >= 11 is 0. The third-order valence-corrected chi connectivity index (χ3v) is 2.63. The lowest BCUT2D eigenvalue weighted by molar-refractivity contribution is 0.415. The summed E-state index contributed by atoms with van der Waals surface area (Å²) in [4.78, 5) is 18.8. The molecule has 0 bridgehead atoms. The lowest BCUT2D eigenvalue weighted by Gasteiger charge is -2.04. The van der Waals surface area contributed by atoms with Gasteiger partial charge in [-0.1, -0.05) is 12.1 Å². The molecule has 0 fully saturated rings. The second kappa shape index (κ2) is 5.46. The molecule has 0 aliphatic heterocycles. The topological polar surface area (TPSA) is 81.0 Å². The van der Waals surface area contributed by atoms with E-state index in [9.17, 15) is 4.79 Å². The molecule has 2 rings (SSSR count). The number of nitrogens with one attached hydrogen (secondary N) is 1. The van der Waals surface area contributed by atoms with Gasteiger partial charge in [-0.2, -0.15) is 0 Å². The van der Waals surface area contributed by atoms with Crippen LogP contribution in [-0.4, -0.2) is 23.6 Å². The number of hydrogen-bond donors (Lipinski definition) is 2. The molecule has 18 heavy (non-hydrogen) atoms. The number of rotatable bonds is 4. The molecule has 5 nitrogen and oxygen atoms in total. The number of nitrogens with two attached hydrogens (primary N) is 1. The van der Waals surface area contributed by atoms with Crippen molar-refractivity contribution in [1.82, 2.24) is 9.97 Å². The fourth-order valence-corrected chi connectivity index (χ4v) is 1.67. The zero-order chi connectivity index (χ0) is 13.0. The standard InChI is InChI=1S/C13H15N3O2/c1-18-11-4-2-3-9(7-11)12-15-8-10(5-6-14)13(17)16-12/h2-4,7-8H,5-6,14H2,1H3,(H,15,16,17). The van der Waals surface area contributed by atoms with Crippen LogP contribution in [0.3, 0.4) is 0 Å². The Morgan fingerprint density at radius 2 is 2.28 bits per heavy atom. The third-order valence-electron chi connectivity index (χ3n) is 2.63. The first-order valence-corrected chi connectivity index (χ1v) is 5.67. The van der Waals surface area contributed by atoms with Crippen LogP contribution < -0.4 is 16.0 Å². The maximum atomic E-state index is 11.8. The van der Waals surface area contributed by atoms with E-state index in [1.807, 2.05) is 24.3 Å². The molecule has 0 aliphatic rings. The van der Waals surface area contributed by atoms with E-state index in [2.05, 4.69) is 9.97 Å². The first-order valence-electron chi connectivity index (χ1n) is 5.67. The molecule has 0 spiro atoms. The van der Waals surface area contributed by atoms with E-state index in [0.29, 0.717) is 24.4 Å². The minimum atomic E-state index is -0.145. The van der Waals surface area contributed by atoms with Crippen molar-refractivity contribution in [3.63, 3.8) is 0 Å². The Morgan fingerprint density at radius 1 is 1.44 bits per heavy atom. The van der Waals surface area contributed by atoms with Crippen LogP contribution in [0.1, 0.15) is 5.56 Å². The highest BCUT2D eigenvalue weighted by Crippen LogP contribution is 2.19. The molecule has 1 aromatic carbocycles. The normalized spacial score (nSPS) is 10.3. The summed E-state index contributed by atoms with van der Waals surface area (Å²) in [6.45, 7) is 0.434. The van der Waals surface area contributed by atoms with Crippen molar-refractivity contribution in [3.05, 3.63) is 46.4 Å². The SMILES string of the molecule is COc1cccc(-c2ncc(CCN)c(=O)[nH]2)c1. The van der Waals surface area contributed by atoms with E-state index in [4.69, 9.17) is 10.5 Å². The van der Waals surface area contributed by atoms with Crippen LogP contribution in [0, 0.1) is 0 Å². The number of H-pyrrole nitrogens is 1. The van der Waals surface area contributed by atoms with Crippen LogP contribution in [0.25, 0.3) is 11.4 Å². The van der Waals surface area contributed by atoms with E-state index in [1.165, 1.54) is 0 Å². The van der Waals surface area contributed by atoms with Crippen molar-refractivity contribution in [3.8, 4) is 17.1 Å². The van der Waals surface area contributed by atoms with Gasteiger partial charge in [0.15, 0.2) is 0 Å². The molecule has 1 aromatic heterocycles. The molecule has 1 heterocycles. The Balaban J connectivity index is 2.39. The van der Waals surface area contributed by atoms with E-state index >= 15 is 0 Å². The summed E-state index contributed by atoms with van der Waals surface area (Å²) in [7, 11) is 1.60. The number of nitrogens with zero attached hydrogens (tertiary/aromatic N) is 1. The quantitative estimate of drug-likeness (QED) is 0.840. The molecule has 2 aromatic rings. The summed E-state index contributed by atoms with van der Waals surface area (Å²) in [6.07, 6.45) is 2.10. The highest BCUT2D eigenvalue weighted by Gasteiger charge is 2.05. The second-order valence-electron chi connectivity index (χ2n) is 3.86. The Bertz CT molecular complexity index is 593. The first kappa shape index (κ1) is 12.3. The van der Waals surface area contributed by atoms with E-state index in [-0.39, 0.29) is 5.56 Å². The molecular formula is C13H15N3O2. The predicted octanol–water partition coefficient (Wildman–Crippen LogP) is 0.947. The average Bonchev–Trinajstić information content (AvgIpc) is 2.41. The molecule has 0 unspecified atom stereocenters. The molecular weight excluding hydrogens is 230 g/mol. The van der Waals surface area contributed by atoms with Crippen LogP contribution in [0.4, 0.5) is 0 Å². The van der Waals surface area contributed by atoms with E-state index in [0.717, 1.165) is 11.3 Å². The van der Waals surface area contributed by atoms with Gasteiger partial charge in [-0.3, -0.25) is 4.79 Å². The van der Waals surface area contributed by atoms with Crippen LogP contribution in [0.2, 0.25) is 0 Å². The maximum absolute atomic E-state index is 11.8. The van der Waals surface area contributed by atoms with Gasteiger partial charge >= 0.3 is 0 Å². The molecule has 5 heteroatoms. The summed E-state index contributed by atoms with van der Waals surface area (Å²) in [6, 6.07) is 7.37. The molecule has 3 N–H and O–H groups in total. The number of methoxy groups -OCH3 is 1. The second-order valence-corrected chi connectivity index (χ2v) is 3.86. The van der Waals surface area contributed by atoms with Crippen LogP contribution in [0.5, 0.6) is 5.75 Å². The summed E-state index contributed by atoms with van der Waals surface area (Å²) in [5, 5.41) is 0. The van der Waals surface area contributed by atoms with Gasteiger partial charge in [0.25, 0.3) is 5.56 Å². The molecule has 94 valence electrons. The molecule has 0 saturated heterocycles. The van der Waals surface area contributed by atoms with Crippen LogP contribution in [0.15, 0.2) is 35.3 Å². The van der Waals surface area contributed by atoms with Gasteiger partial charge in [0, 0.05) is 17.3 Å². The molecule has 0 radical (unpaired) electrons. The Morgan fingerprint density at radius 3 is 2.94 bits per heavy atom. The highest BCUT2D eigenvalue weighted by molar-refractivity contribution is 5.57. The van der Waals surface area contributed by atoms with Crippen LogP contribution in [-0.2, 0) is 6.42 Å². The smallest absolute Gasteiger partial charge is 0.254 e. The Kier molecular flexibility index (Phi) is 3.74. The van der Waals surface area contributed by atoms with Crippen molar-refractivity contribution >= 4 is 0 Å². The lowest BCUT2D eigenvalue weighted by Crippen LogP contribution is -2.17. The zero-order valence-electron chi connectivity index (χ0n) is 10.1. The van der Waals surface area contributed by atoms with E-state index in [1.54, 1.807) is 13.3 Å². The van der Waals surface area contributed by atoms with Gasteiger partial charge in [0.2, 0.25) is 0 Å². The van der Waals surface area contributed by atoms with E-state index < -0.39 is 0 Å². The van der Waals surface area contributed by atoms with Crippen LogP contribution >= 0.6 is 0 Å². The van der Waals surface area contributed by atoms with Gasteiger partial charge < -0.3 is 15.5 Å². The maximum Gasteiger partial charge on any atom is 0.254 e. The van der Waals surface area contributed by atoms with Crippen molar-refractivity contribution in [2.45, 2.75) is 6.42 Å². The van der Waals surface area contributed by atoms with Gasteiger partial charge in [-0.25, -0.2) is 4.98 Å². The molecule has 0 amide bonds. The molecule has 0 atom stereocenters. The van der Waals surface area contributed by atoms with Gasteiger partial charge in [0.05, 0.1) is 7.11 Å². The fourth-order valence-electron chi connectivity index (χ4n) is 1.67. The van der Waals surface area contributed by atoms with Gasteiger partial charge in [0.1, 0.15) is 11.6 Å². The average molecular weight is 245 g/mol. The van der Waals surface area contributed by atoms with Crippen molar-refractivity contribution in [2.24, 2.45) is 5.73 Å². The Hall–Kier alpha value is -2.14. The third kappa shape index (κ3) is 2.57. The summed E-state index contributed by atoms with van der Waals surface area (Å²) in [5.74, 6) is 1.25. The molecule has 0 aliphatic carbocycles. The number of benzene rings is 1. The number of hydrogen-bond acceptors (Lipinski definition) is 4. The number of aromatic nitrogens is 2. The number of ether oxygens (including phenoxy) is 1.